The number of halogens is 2. The van der Waals surface area contributed by atoms with E-state index in [0.717, 1.165) is 20.6 Å². The van der Waals surface area contributed by atoms with Crippen molar-refractivity contribution in [1.82, 2.24) is 10.2 Å². The molecule has 0 aliphatic rings. The van der Waals surface area contributed by atoms with E-state index >= 15 is 0 Å². The van der Waals surface area contributed by atoms with E-state index in [1.165, 1.54) is 4.90 Å². The van der Waals surface area contributed by atoms with Crippen LogP contribution >= 0.6 is 27.5 Å². The Balaban J connectivity index is 2.04. The average Bonchev–Trinajstić information content (AvgIpc) is 2.86. The van der Waals surface area contributed by atoms with Crippen molar-refractivity contribution < 1.29 is 18.0 Å². The van der Waals surface area contributed by atoms with Crippen molar-refractivity contribution in [2.75, 3.05) is 23.7 Å². The molecule has 10 heteroatoms. The number of amides is 2. The Bertz CT molecular complexity index is 1320. The van der Waals surface area contributed by atoms with Crippen LogP contribution in [0.1, 0.15) is 18.1 Å². The highest BCUT2D eigenvalue weighted by Crippen LogP contribution is 2.24. The van der Waals surface area contributed by atoms with Crippen LogP contribution in [-0.2, 0) is 32.6 Å². The lowest BCUT2D eigenvalue weighted by Crippen LogP contribution is -2.53. The molecule has 0 bridgehead atoms. The number of carbonyl (C=O) groups excluding carboxylic acids is 2. The number of likely N-dealkylation sites (N-methyl/N-ethyl adjacent to an activating group) is 1. The van der Waals surface area contributed by atoms with Crippen LogP contribution in [0.3, 0.4) is 0 Å². The van der Waals surface area contributed by atoms with Crippen LogP contribution in [-0.4, -0.2) is 50.5 Å². The molecule has 0 saturated carbocycles. The zero-order chi connectivity index (χ0) is 27.0. The molecule has 0 aliphatic carbocycles. The summed E-state index contributed by atoms with van der Waals surface area (Å²) in [5.74, 6) is -0.859. The van der Waals surface area contributed by atoms with Crippen LogP contribution in [0.4, 0.5) is 5.69 Å². The molecule has 7 nitrogen and oxygen atoms in total. The molecule has 0 heterocycles. The van der Waals surface area contributed by atoms with Gasteiger partial charge in [-0.1, -0.05) is 76.1 Å². The summed E-state index contributed by atoms with van der Waals surface area (Å²) in [6.07, 6.45) is 1.30. The molecule has 3 aromatic carbocycles. The quantitative estimate of drug-likeness (QED) is 0.345. The minimum Gasteiger partial charge on any atom is -0.355 e. The number of nitrogens with one attached hydrogen (secondary N) is 1. The zero-order valence-electron chi connectivity index (χ0n) is 20.6. The Morgan fingerprint density at radius 3 is 2.19 bits per heavy atom. The average molecular weight is 607 g/mol. The monoisotopic (exact) mass is 605 g/mol. The predicted octanol–water partition coefficient (Wildman–Crippen LogP) is 4.64. The fourth-order valence-electron chi connectivity index (χ4n) is 3.88. The van der Waals surface area contributed by atoms with Crippen molar-refractivity contribution in [2.45, 2.75) is 25.9 Å². The van der Waals surface area contributed by atoms with Gasteiger partial charge in [0.2, 0.25) is 21.8 Å². The number of hydrogen-bond acceptors (Lipinski definition) is 4. The molecule has 3 rings (SSSR count). The molecule has 0 aliphatic heterocycles. The van der Waals surface area contributed by atoms with Gasteiger partial charge in [0.15, 0.2) is 0 Å². The lowest BCUT2D eigenvalue weighted by Gasteiger charge is -2.33. The third-order valence-electron chi connectivity index (χ3n) is 5.71. The molecule has 0 aromatic heterocycles. The van der Waals surface area contributed by atoms with Gasteiger partial charge in [-0.25, -0.2) is 8.42 Å². The largest absolute Gasteiger partial charge is 0.355 e. The molecule has 3 aromatic rings. The van der Waals surface area contributed by atoms with Gasteiger partial charge in [0.1, 0.15) is 12.6 Å². The van der Waals surface area contributed by atoms with Crippen LogP contribution < -0.4 is 9.62 Å². The number of hydrogen-bond donors (Lipinski definition) is 1. The third-order valence-corrected chi connectivity index (χ3v) is 7.75. The number of nitrogens with zero attached hydrogens (tertiary/aromatic N) is 2. The summed E-state index contributed by atoms with van der Waals surface area (Å²) in [6.45, 7) is 1.74. The summed E-state index contributed by atoms with van der Waals surface area (Å²) >= 11 is 9.76. The van der Waals surface area contributed by atoms with Gasteiger partial charge in [-0.3, -0.25) is 13.9 Å². The van der Waals surface area contributed by atoms with Gasteiger partial charge in [0.05, 0.1) is 11.9 Å². The van der Waals surface area contributed by atoms with Gasteiger partial charge in [0.25, 0.3) is 0 Å². The highest BCUT2D eigenvalue weighted by Gasteiger charge is 2.33. The van der Waals surface area contributed by atoms with Crippen molar-refractivity contribution in [3.63, 3.8) is 0 Å². The molecular formula is C27H29BrClN3O4S. The van der Waals surface area contributed by atoms with Gasteiger partial charge in [-0.05, 0) is 48.4 Å². The second-order valence-corrected chi connectivity index (χ2v) is 11.7. The number of carbonyl (C=O) groups is 2. The zero-order valence-corrected chi connectivity index (χ0v) is 23.8. The van der Waals surface area contributed by atoms with Crippen molar-refractivity contribution in [3.05, 3.63) is 99.5 Å². The molecule has 2 amide bonds. The van der Waals surface area contributed by atoms with Crippen molar-refractivity contribution >= 4 is 55.1 Å². The Kier molecular flexibility index (Phi) is 10.1. The van der Waals surface area contributed by atoms with E-state index in [4.69, 9.17) is 11.6 Å². The van der Waals surface area contributed by atoms with E-state index < -0.39 is 28.5 Å². The summed E-state index contributed by atoms with van der Waals surface area (Å²) in [6, 6.07) is 22.2. The maximum absolute atomic E-state index is 13.9. The predicted molar refractivity (Wildman–Crippen MR) is 151 cm³/mol. The minimum absolute atomic E-state index is 0.0328. The standard InChI is InChI=1S/C27H29BrClN3O4S/c1-3-30-27(34)25(17-20-9-5-4-6-10-20)31(18-21-11-7-8-12-24(21)29)26(33)19-32(37(2,35)36)23-15-13-22(28)14-16-23/h4-16,25H,3,17-19H2,1-2H3,(H,30,34)/t25-/m0/s1. The van der Waals surface area contributed by atoms with Crippen LogP contribution in [0.5, 0.6) is 0 Å². The van der Waals surface area contributed by atoms with Crippen LogP contribution in [0, 0.1) is 0 Å². The summed E-state index contributed by atoms with van der Waals surface area (Å²) in [7, 11) is -3.81. The molecule has 37 heavy (non-hydrogen) atoms. The first-order chi connectivity index (χ1) is 17.6. The second kappa shape index (κ2) is 13.1. The smallest absolute Gasteiger partial charge is 0.244 e. The molecule has 0 spiro atoms. The van der Waals surface area contributed by atoms with Crippen molar-refractivity contribution in [3.8, 4) is 0 Å². The fourth-order valence-corrected chi connectivity index (χ4v) is 5.19. The number of rotatable bonds is 11. The SMILES string of the molecule is CCNC(=O)[C@H](Cc1ccccc1)N(Cc1ccccc1Cl)C(=O)CN(c1ccc(Br)cc1)S(C)(=O)=O. The normalized spacial score (nSPS) is 12.0. The first kappa shape index (κ1) is 28.7. The van der Waals surface area contributed by atoms with E-state index in [9.17, 15) is 18.0 Å². The highest BCUT2D eigenvalue weighted by molar-refractivity contribution is 9.10. The molecule has 0 saturated heterocycles. The molecular weight excluding hydrogens is 578 g/mol. The first-order valence-corrected chi connectivity index (χ1v) is 14.7. The number of benzene rings is 3. The van der Waals surface area contributed by atoms with Gasteiger partial charge in [-0.15, -0.1) is 0 Å². The van der Waals surface area contributed by atoms with E-state index in [0.29, 0.717) is 22.8 Å². The van der Waals surface area contributed by atoms with Crippen LogP contribution in [0.25, 0.3) is 0 Å². The van der Waals surface area contributed by atoms with Crippen LogP contribution in [0.2, 0.25) is 5.02 Å². The van der Waals surface area contributed by atoms with Crippen LogP contribution in [0.15, 0.2) is 83.3 Å². The first-order valence-electron chi connectivity index (χ1n) is 11.7. The second-order valence-electron chi connectivity index (χ2n) is 8.46. The summed E-state index contributed by atoms with van der Waals surface area (Å²) in [5, 5.41) is 3.27. The topological polar surface area (TPSA) is 86.8 Å². The molecule has 0 unspecified atom stereocenters. The highest BCUT2D eigenvalue weighted by atomic mass is 79.9. The minimum atomic E-state index is -3.81. The lowest BCUT2D eigenvalue weighted by atomic mass is 10.0. The van der Waals surface area contributed by atoms with Crippen molar-refractivity contribution in [1.29, 1.82) is 0 Å². The van der Waals surface area contributed by atoms with E-state index in [-0.39, 0.29) is 18.9 Å². The van der Waals surface area contributed by atoms with Gasteiger partial charge in [-0.2, -0.15) is 0 Å². The van der Waals surface area contributed by atoms with E-state index in [1.807, 2.05) is 30.3 Å². The molecule has 0 radical (unpaired) electrons. The van der Waals surface area contributed by atoms with Gasteiger partial charge in [0, 0.05) is 29.0 Å². The Morgan fingerprint density at radius 2 is 1.59 bits per heavy atom. The third kappa shape index (κ3) is 8.05. The Hall–Kier alpha value is -2.88. The summed E-state index contributed by atoms with van der Waals surface area (Å²) < 4.78 is 27.3. The van der Waals surface area contributed by atoms with Gasteiger partial charge >= 0.3 is 0 Å². The number of sulfonamides is 1. The molecule has 0 fully saturated rings. The Labute approximate surface area is 231 Å². The maximum Gasteiger partial charge on any atom is 0.244 e. The summed E-state index contributed by atoms with van der Waals surface area (Å²) in [5.41, 5.74) is 1.85. The van der Waals surface area contributed by atoms with E-state index in [1.54, 1.807) is 55.5 Å². The maximum atomic E-state index is 13.9. The molecule has 1 N–H and O–H groups in total. The fraction of sp³-hybridized carbons (Fsp3) is 0.259. The van der Waals surface area contributed by atoms with Crippen molar-refractivity contribution in [2.24, 2.45) is 0 Å². The van der Waals surface area contributed by atoms with E-state index in [2.05, 4.69) is 21.2 Å². The molecule has 1 atom stereocenters. The number of anilines is 1. The lowest BCUT2D eigenvalue weighted by molar-refractivity contribution is -0.140. The summed E-state index contributed by atoms with van der Waals surface area (Å²) in [4.78, 5) is 28.6. The molecule has 196 valence electrons. The van der Waals surface area contributed by atoms with Gasteiger partial charge < -0.3 is 10.2 Å². The Morgan fingerprint density at radius 1 is 0.973 bits per heavy atom.